The minimum absolute atomic E-state index is 0.239. The van der Waals surface area contributed by atoms with Crippen LogP contribution < -0.4 is 4.90 Å². The minimum Gasteiger partial charge on any atom is -0.352 e. The van der Waals surface area contributed by atoms with Crippen LogP contribution >= 0.6 is 11.6 Å². The molecule has 4 rings (SSSR count). The van der Waals surface area contributed by atoms with Crippen molar-refractivity contribution >= 4 is 23.3 Å². The van der Waals surface area contributed by atoms with Gasteiger partial charge >= 0.3 is 0 Å². The zero-order valence-electron chi connectivity index (χ0n) is 13.4. The molecule has 0 N–H and O–H groups in total. The van der Waals surface area contributed by atoms with Crippen molar-refractivity contribution in [1.82, 2.24) is 15.1 Å². The predicted molar refractivity (Wildman–Crippen MR) is 93.2 cm³/mol. The molecule has 1 aliphatic carbocycles. The summed E-state index contributed by atoms with van der Waals surface area (Å²) >= 11 is 6.11. The van der Waals surface area contributed by atoms with Crippen molar-refractivity contribution < 1.29 is 4.79 Å². The second-order valence-electron chi connectivity index (χ2n) is 6.45. The van der Waals surface area contributed by atoms with Crippen LogP contribution in [0.1, 0.15) is 18.4 Å². The first-order valence-corrected chi connectivity index (χ1v) is 8.65. The fourth-order valence-electron chi connectivity index (χ4n) is 3.44. The molecule has 1 amide bonds. The summed E-state index contributed by atoms with van der Waals surface area (Å²) in [5.74, 6) is 1.11. The van der Waals surface area contributed by atoms with Gasteiger partial charge in [-0.1, -0.05) is 23.7 Å². The third-order valence-corrected chi connectivity index (χ3v) is 5.22. The van der Waals surface area contributed by atoms with E-state index < -0.39 is 0 Å². The lowest BCUT2D eigenvalue weighted by atomic mass is 9.94. The molecule has 1 aliphatic heterocycles. The molecule has 2 aromatic rings. The molecule has 2 fully saturated rings. The summed E-state index contributed by atoms with van der Waals surface area (Å²) < 4.78 is 0. The molecule has 2 heterocycles. The number of rotatable bonds is 3. The molecule has 0 radical (unpaired) electrons. The number of amides is 1. The second kappa shape index (κ2) is 6.06. The molecule has 6 heteroatoms. The Hall–Kier alpha value is -2.14. The van der Waals surface area contributed by atoms with Crippen molar-refractivity contribution in [3.8, 4) is 0 Å². The highest BCUT2D eigenvalue weighted by Gasteiger charge is 2.53. The molecule has 0 spiro atoms. The van der Waals surface area contributed by atoms with Crippen molar-refractivity contribution in [2.75, 3.05) is 31.1 Å². The van der Waals surface area contributed by atoms with Crippen molar-refractivity contribution in [2.45, 2.75) is 18.3 Å². The molecule has 1 aromatic heterocycles. The maximum Gasteiger partial charge on any atom is 0.233 e. The molecule has 5 nitrogen and oxygen atoms in total. The number of anilines is 1. The fraction of sp³-hybridized carbons (Fsp3) is 0.389. The van der Waals surface area contributed by atoms with Gasteiger partial charge in [0.2, 0.25) is 5.91 Å². The highest BCUT2D eigenvalue weighted by Crippen LogP contribution is 2.50. The SMILES string of the molecule is O=C(N1CCN(c2cccnn2)CC1)C1(c2cccc(Cl)c2)CC1. The van der Waals surface area contributed by atoms with Crippen molar-refractivity contribution in [1.29, 1.82) is 0 Å². The van der Waals surface area contributed by atoms with Gasteiger partial charge < -0.3 is 9.80 Å². The molecular weight excluding hydrogens is 324 g/mol. The Bertz CT molecular complexity index is 740. The van der Waals surface area contributed by atoms with Gasteiger partial charge in [0.1, 0.15) is 0 Å². The zero-order valence-corrected chi connectivity index (χ0v) is 14.1. The van der Waals surface area contributed by atoms with Crippen LogP contribution in [-0.4, -0.2) is 47.2 Å². The summed E-state index contributed by atoms with van der Waals surface area (Å²) in [4.78, 5) is 17.2. The highest BCUT2D eigenvalue weighted by atomic mass is 35.5. The largest absolute Gasteiger partial charge is 0.352 e. The van der Waals surface area contributed by atoms with Crippen molar-refractivity contribution in [3.63, 3.8) is 0 Å². The summed E-state index contributed by atoms with van der Waals surface area (Å²) in [6, 6.07) is 11.6. The van der Waals surface area contributed by atoms with Gasteiger partial charge in [0.15, 0.2) is 5.82 Å². The van der Waals surface area contributed by atoms with Crippen LogP contribution in [0.4, 0.5) is 5.82 Å². The molecule has 0 bridgehead atoms. The Morgan fingerprint density at radius 3 is 2.50 bits per heavy atom. The Labute approximate surface area is 146 Å². The van der Waals surface area contributed by atoms with E-state index in [0.29, 0.717) is 5.02 Å². The number of piperazine rings is 1. The number of benzene rings is 1. The lowest BCUT2D eigenvalue weighted by molar-refractivity contribution is -0.134. The Kier molecular flexibility index (Phi) is 3.88. The standard InChI is InChI=1S/C18H19ClN4O/c19-15-4-1-3-14(13-15)18(6-7-18)17(24)23-11-9-22(10-12-23)16-5-2-8-20-21-16/h1-5,8,13H,6-7,9-12H2. The fourth-order valence-corrected chi connectivity index (χ4v) is 3.63. The summed E-state index contributed by atoms with van der Waals surface area (Å²) in [7, 11) is 0. The smallest absolute Gasteiger partial charge is 0.233 e. The van der Waals surface area contributed by atoms with Crippen LogP contribution in [0.5, 0.6) is 0 Å². The summed E-state index contributed by atoms with van der Waals surface area (Å²) in [6.45, 7) is 3.02. The molecule has 1 saturated carbocycles. The third kappa shape index (κ3) is 2.73. The molecule has 24 heavy (non-hydrogen) atoms. The van der Waals surface area contributed by atoms with Crippen LogP contribution in [0.15, 0.2) is 42.6 Å². The molecule has 0 atom stereocenters. The Balaban J connectivity index is 1.45. The number of hydrogen-bond acceptors (Lipinski definition) is 4. The van der Waals surface area contributed by atoms with Crippen LogP contribution in [0.3, 0.4) is 0 Å². The van der Waals surface area contributed by atoms with Crippen LogP contribution in [-0.2, 0) is 10.2 Å². The molecule has 1 saturated heterocycles. The van der Waals surface area contributed by atoms with Crippen LogP contribution in [0.25, 0.3) is 0 Å². The monoisotopic (exact) mass is 342 g/mol. The Morgan fingerprint density at radius 1 is 1.08 bits per heavy atom. The predicted octanol–water partition coefficient (Wildman–Crippen LogP) is 2.51. The molecule has 124 valence electrons. The zero-order chi connectivity index (χ0) is 16.6. The lowest BCUT2D eigenvalue weighted by Gasteiger charge is -2.37. The van der Waals surface area contributed by atoms with E-state index in [4.69, 9.17) is 11.6 Å². The summed E-state index contributed by atoms with van der Waals surface area (Å²) in [5, 5.41) is 8.77. The number of aromatic nitrogens is 2. The van der Waals surface area contributed by atoms with E-state index in [0.717, 1.165) is 50.4 Å². The summed E-state index contributed by atoms with van der Waals surface area (Å²) in [5.41, 5.74) is 0.705. The van der Waals surface area contributed by atoms with Gasteiger partial charge in [-0.05, 0) is 42.7 Å². The van der Waals surface area contributed by atoms with Crippen LogP contribution in [0, 0.1) is 0 Å². The van der Waals surface area contributed by atoms with Crippen LogP contribution in [0.2, 0.25) is 5.02 Å². The number of nitrogens with zero attached hydrogens (tertiary/aromatic N) is 4. The van der Waals surface area contributed by atoms with Gasteiger partial charge in [-0.3, -0.25) is 4.79 Å². The topological polar surface area (TPSA) is 49.3 Å². The molecule has 0 unspecified atom stereocenters. The van der Waals surface area contributed by atoms with Gasteiger partial charge in [-0.15, -0.1) is 5.10 Å². The second-order valence-corrected chi connectivity index (χ2v) is 6.89. The lowest BCUT2D eigenvalue weighted by Crippen LogP contribution is -2.51. The highest BCUT2D eigenvalue weighted by molar-refractivity contribution is 6.30. The Morgan fingerprint density at radius 2 is 1.88 bits per heavy atom. The first kappa shape index (κ1) is 15.4. The average Bonchev–Trinajstić information content (AvgIpc) is 3.44. The number of carbonyl (C=O) groups is 1. The van der Waals surface area contributed by atoms with E-state index in [1.165, 1.54) is 0 Å². The molecule has 1 aromatic carbocycles. The van der Waals surface area contributed by atoms with E-state index >= 15 is 0 Å². The maximum atomic E-state index is 13.1. The van der Waals surface area contributed by atoms with E-state index in [2.05, 4.69) is 15.1 Å². The van der Waals surface area contributed by atoms with Crippen molar-refractivity contribution in [2.24, 2.45) is 0 Å². The maximum absolute atomic E-state index is 13.1. The average molecular weight is 343 g/mol. The molecular formula is C18H19ClN4O. The number of halogens is 1. The number of hydrogen-bond donors (Lipinski definition) is 0. The van der Waals surface area contributed by atoms with Gasteiger partial charge in [-0.2, -0.15) is 5.10 Å². The van der Waals surface area contributed by atoms with Gasteiger partial charge in [0, 0.05) is 37.4 Å². The van der Waals surface area contributed by atoms with E-state index in [-0.39, 0.29) is 11.3 Å². The normalized spacial score (nSPS) is 19.2. The number of carbonyl (C=O) groups excluding carboxylic acids is 1. The quantitative estimate of drug-likeness (QED) is 0.860. The van der Waals surface area contributed by atoms with Gasteiger partial charge in [0.05, 0.1) is 5.41 Å². The minimum atomic E-state index is -0.348. The first-order valence-electron chi connectivity index (χ1n) is 8.27. The van der Waals surface area contributed by atoms with Crippen molar-refractivity contribution in [3.05, 3.63) is 53.2 Å². The first-order chi connectivity index (χ1) is 11.7. The van der Waals surface area contributed by atoms with E-state index in [9.17, 15) is 4.79 Å². The molecule has 2 aliphatic rings. The van der Waals surface area contributed by atoms with Gasteiger partial charge in [0.25, 0.3) is 0 Å². The van der Waals surface area contributed by atoms with Gasteiger partial charge in [-0.25, -0.2) is 0 Å². The van der Waals surface area contributed by atoms with E-state index in [1.54, 1.807) is 6.20 Å². The van der Waals surface area contributed by atoms with E-state index in [1.807, 2.05) is 41.3 Å². The summed E-state index contributed by atoms with van der Waals surface area (Å²) in [6.07, 6.45) is 3.50. The third-order valence-electron chi connectivity index (χ3n) is 4.99.